The molecule has 0 aliphatic carbocycles. The van der Waals surface area contributed by atoms with E-state index in [2.05, 4.69) is 5.32 Å². The van der Waals surface area contributed by atoms with E-state index < -0.39 is 18.0 Å². The number of alkyl halides is 3. The first kappa shape index (κ1) is 8.34. The van der Waals surface area contributed by atoms with Crippen molar-refractivity contribution < 1.29 is 13.2 Å². The highest BCUT2D eigenvalue weighted by molar-refractivity contribution is 4.97. The van der Waals surface area contributed by atoms with Crippen molar-refractivity contribution in [2.45, 2.75) is 6.18 Å². The van der Waals surface area contributed by atoms with Crippen LogP contribution in [0.15, 0.2) is 0 Å². The summed E-state index contributed by atoms with van der Waals surface area (Å²) >= 11 is 0. The molecule has 0 amide bonds. The smallest absolute Gasteiger partial charge is 0.315 e. The third-order valence-electron chi connectivity index (χ3n) is 1.80. The molecule has 0 aromatic carbocycles. The number of halogens is 3. The van der Waals surface area contributed by atoms with E-state index in [9.17, 15) is 13.2 Å². The molecule has 5 heteroatoms. The standard InChI is InChI=1S/C6H7F3N2/c7-6(8,9)5-3-11-2-4(5)1-10/h4-5,11H,2-3H2/t4-,5+/m0/s1. The Morgan fingerprint density at radius 3 is 2.36 bits per heavy atom. The quantitative estimate of drug-likeness (QED) is 0.577. The molecule has 2 atom stereocenters. The van der Waals surface area contributed by atoms with Crippen LogP contribution in [0.2, 0.25) is 0 Å². The summed E-state index contributed by atoms with van der Waals surface area (Å²) in [6.07, 6.45) is -4.23. The van der Waals surface area contributed by atoms with Crippen molar-refractivity contribution in [1.29, 1.82) is 5.26 Å². The van der Waals surface area contributed by atoms with Crippen LogP contribution in [0.25, 0.3) is 0 Å². The number of hydrogen-bond donors (Lipinski definition) is 1. The number of nitrogens with one attached hydrogen (secondary N) is 1. The Morgan fingerprint density at radius 1 is 1.36 bits per heavy atom. The van der Waals surface area contributed by atoms with E-state index in [1.807, 2.05) is 0 Å². The number of rotatable bonds is 0. The highest BCUT2D eigenvalue weighted by atomic mass is 19.4. The van der Waals surface area contributed by atoms with Crippen LogP contribution in [0.1, 0.15) is 0 Å². The summed E-state index contributed by atoms with van der Waals surface area (Å²) in [5.74, 6) is -2.39. The van der Waals surface area contributed by atoms with Crippen molar-refractivity contribution in [3.63, 3.8) is 0 Å². The average molecular weight is 164 g/mol. The van der Waals surface area contributed by atoms with Crippen molar-refractivity contribution in [3.8, 4) is 6.07 Å². The number of hydrogen-bond acceptors (Lipinski definition) is 2. The van der Waals surface area contributed by atoms with Gasteiger partial charge < -0.3 is 5.32 Å². The van der Waals surface area contributed by atoms with E-state index in [0.717, 1.165) is 0 Å². The minimum absolute atomic E-state index is 0.123. The molecule has 1 aliphatic rings. The third-order valence-corrected chi connectivity index (χ3v) is 1.80. The highest BCUT2D eigenvalue weighted by Crippen LogP contribution is 2.33. The van der Waals surface area contributed by atoms with Gasteiger partial charge in [-0.15, -0.1) is 0 Å². The van der Waals surface area contributed by atoms with Crippen LogP contribution >= 0.6 is 0 Å². The lowest BCUT2D eigenvalue weighted by molar-refractivity contribution is -0.174. The van der Waals surface area contributed by atoms with Crippen LogP contribution in [-0.2, 0) is 0 Å². The van der Waals surface area contributed by atoms with Gasteiger partial charge in [-0.1, -0.05) is 0 Å². The second-order valence-electron chi connectivity index (χ2n) is 2.54. The van der Waals surface area contributed by atoms with Crippen LogP contribution in [0.3, 0.4) is 0 Å². The Kier molecular flexibility index (Phi) is 2.05. The van der Waals surface area contributed by atoms with Crippen molar-refractivity contribution in [2.24, 2.45) is 11.8 Å². The van der Waals surface area contributed by atoms with Gasteiger partial charge in [-0.05, 0) is 0 Å². The maximum Gasteiger partial charge on any atom is 0.394 e. The minimum Gasteiger partial charge on any atom is -0.315 e. The second kappa shape index (κ2) is 2.70. The maximum atomic E-state index is 12.0. The van der Waals surface area contributed by atoms with Crippen LogP contribution in [0.4, 0.5) is 13.2 Å². The summed E-state index contributed by atoms with van der Waals surface area (Å²) < 4.78 is 36.0. The SMILES string of the molecule is N#C[C@H]1CNC[C@H]1C(F)(F)F. The maximum absolute atomic E-state index is 12.0. The molecule has 0 spiro atoms. The zero-order valence-electron chi connectivity index (χ0n) is 5.65. The summed E-state index contributed by atoms with van der Waals surface area (Å²) in [5, 5.41) is 10.8. The topological polar surface area (TPSA) is 35.8 Å². The van der Waals surface area contributed by atoms with Gasteiger partial charge in [0, 0.05) is 13.1 Å². The van der Waals surface area contributed by atoms with Gasteiger partial charge in [-0.25, -0.2) is 0 Å². The van der Waals surface area contributed by atoms with Crippen molar-refractivity contribution >= 4 is 0 Å². The summed E-state index contributed by atoms with van der Waals surface area (Å²) in [6.45, 7) is 0.0302. The number of nitrogens with zero attached hydrogens (tertiary/aromatic N) is 1. The van der Waals surface area contributed by atoms with Gasteiger partial charge >= 0.3 is 6.18 Å². The normalized spacial score (nSPS) is 31.8. The van der Waals surface area contributed by atoms with Crippen LogP contribution in [0.5, 0.6) is 0 Å². The molecule has 1 fully saturated rings. The Hall–Kier alpha value is -0.760. The summed E-state index contributed by atoms with van der Waals surface area (Å²) in [5.41, 5.74) is 0. The molecule has 0 aromatic rings. The zero-order chi connectivity index (χ0) is 8.48. The Morgan fingerprint density at radius 2 is 2.00 bits per heavy atom. The second-order valence-corrected chi connectivity index (χ2v) is 2.54. The molecule has 1 heterocycles. The summed E-state index contributed by atoms with van der Waals surface area (Å²) in [6, 6.07) is 1.64. The molecule has 0 aromatic heterocycles. The lowest BCUT2D eigenvalue weighted by Gasteiger charge is -2.15. The first-order valence-corrected chi connectivity index (χ1v) is 3.22. The fraction of sp³-hybridized carbons (Fsp3) is 0.833. The largest absolute Gasteiger partial charge is 0.394 e. The van der Waals surface area contributed by atoms with Gasteiger partial charge in [0.2, 0.25) is 0 Å². The first-order chi connectivity index (χ1) is 5.05. The molecule has 2 nitrogen and oxygen atoms in total. The molecule has 1 N–H and O–H groups in total. The van der Waals surface area contributed by atoms with Gasteiger partial charge in [0.25, 0.3) is 0 Å². The van der Waals surface area contributed by atoms with Crippen LogP contribution in [0, 0.1) is 23.2 Å². The van der Waals surface area contributed by atoms with Crippen LogP contribution < -0.4 is 5.32 Å². The van der Waals surface area contributed by atoms with E-state index in [-0.39, 0.29) is 13.1 Å². The molecule has 0 saturated carbocycles. The van der Waals surface area contributed by atoms with Crippen molar-refractivity contribution in [2.75, 3.05) is 13.1 Å². The van der Waals surface area contributed by atoms with E-state index in [1.165, 1.54) is 0 Å². The molecule has 11 heavy (non-hydrogen) atoms. The van der Waals surface area contributed by atoms with Gasteiger partial charge in [-0.3, -0.25) is 0 Å². The van der Waals surface area contributed by atoms with E-state index in [1.54, 1.807) is 6.07 Å². The van der Waals surface area contributed by atoms with Gasteiger partial charge in [0.15, 0.2) is 0 Å². The van der Waals surface area contributed by atoms with Crippen molar-refractivity contribution in [3.05, 3.63) is 0 Å². The summed E-state index contributed by atoms with van der Waals surface area (Å²) in [4.78, 5) is 0. The fourth-order valence-electron chi connectivity index (χ4n) is 1.16. The van der Waals surface area contributed by atoms with E-state index in [0.29, 0.717) is 0 Å². The zero-order valence-corrected chi connectivity index (χ0v) is 5.65. The van der Waals surface area contributed by atoms with Crippen molar-refractivity contribution in [1.82, 2.24) is 5.32 Å². The Balaban J connectivity index is 2.66. The van der Waals surface area contributed by atoms with Gasteiger partial charge in [0.05, 0.1) is 17.9 Å². The molecular weight excluding hydrogens is 157 g/mol. The molecule has 0 radical (unpaired) electrons. The highest BCUT2D eigenvalue weighted by Gasteiger charge is 2.47. The molecule has 1 saturated heterocycles. The van der Waals surface area contributed by atoms with Gasteiger partial charge in [0.1, 0.15) is 0 Å². The molecule has 1 rings (SSSR count). The lowest BCUT2D eigenvalue weighted by Crippen LogP contribution is -2.29. The molecule has 62 valence electrons. The monoisotopic (exact) mass is 164 g/mol. The Labute approximate surface area is 62.0 Å². The number of nitriles is 1. The van der Waals surface area contributed by atoms with E-state index >= 15 is 0 Å². The Bertz CT molecular complexity index is 181. The fourth-order valence-corrected chi connectivity index (χ4v) is 1.16. The lowest BCUT2D eigenvalue weighted by atomic mass is 9.97. The molecule has 1 aliphatic heterocycles. The van der Waals surface area contributed by atoms with Crippen LogP contribution in [-0.4, -0.2) is 19.3 Å². The average Bonchev–Trinajstić information content (AvgIpc) is 2.31. The predicted molar refractivity (Wildman–Crippen MR) is 31.5 cm³/mol. The summed E-state index contributed by atoms with van der Waals surface area (Å²) in [7, 11) is 0. The van der Waals surface area contributed by atoms with E-state index in [4.69, 9.17) is 5.26 Å². The predicted octanol–water partition coefficient (Wildman–Crippen LogP) is 0.908. The first-order valence-electron chi connectivity index (χ1n) is 3.22. The third kappa shape index (κ3) is 1.63. The van der Waals surface area contributed by atoms with Gasteiger partial charge in [-0.2, -0.15) is 18.4 Å². The molecular formula is C6H7F3N2. The molecule has 0 unspecified atom stereocenters. The minimum atomic E-state index is -4.23. The molecule has 0 bridgehead atoms.